The molecule has 1 aromatic rings. The molecule has 1 aliphatic heterocycles. The molecule has 0 radical (unpaired) electrons. The average molecular weight is 219 g/mol. The number of carbonyl (C=O) groups is 1. The van der Waals surface area contributed by atoms with Crippen LogP contribution in [0.3, 0.4) is 0 Å². The van der Waals surface area contributed by atoms with Crippen molar-refractivity contribution in [3.63, 3.8) is 0 Å². The minimum Gasteiger partial charge on any atom is -0.489 e. The van der Waals surface area contributed by atoms with Gasteiger partial charge >= 0.3 is 0 Å². The van der Waals surface area contributed by atoms with Gasteiger partial charge in [-0.3, -0.25) is 4.79 Å². The zero-order chi connectivity index (χ0) is 11.5. The van der Waals surface area contributed by atoms with Crippen molar-refractivity contribution < 1.29 is 9.53 Å². The summed E-state index contributed by atoms with van der Waals surface area (Å²) in [5.41, 5.74) is 1.64. The molecule has 2 rings (SSSR count). The fraction of sp³-hybridized carbons (Fsp3) is 0.462. The third-order valence-electron chi connectivity index (χ3n) is 2.57. The summed E-state index contributed by atoms with van der Waals surface area (Å²) in [6.45, 7) is 5.52. The molecule has 0 aromatic heterocycles. The number of rotatable bonds is 3. The van der Waals surface area contributed by atoms with Gasteiger partial charge in [0.05, 0.1) is 11.3 Å². The van der Waals surface area contributed by atoms with Crippen molar-refractivity contribution in [2.24, 2.45) is 5.92 Å². The number of para-hydroxylation sites is 1. The van der Waals surface area contributed by atoms with E-state index in [4.69, 9.17) is 4.74 Å². The standard InChI is InChI=1S/C13H17NO2/c1-9(2)8-12(15)10-4-3-5-11-13(10)16-7-6-14-11/h3-5,9,14H,6-8H2,1-2H3. The van der Waals surface area contributed by atoms with Gasteiger partial charge in [-0.25, -0.2) is 0 Å². The van der Waals surface area contributed by atoms with Gasteiger partial charge in [-0.15, -0.1) is 0 Å². The lowest BCUT2D eigenvalue weighted by molar-refractivity contribution is 0.0964. The highest BCUT2D eigenvalue weighted by Crippen LogP contribution is 2.32. The Hall–Kier alpha value is -1.51. The van der Waals surface area contributed by atoms with Gasteiger partial charge in [0.15, 0.2) is 11.5 Å². The van der Waals surface area contributed by atoms with Crippen molar-refractivity contribution in [1.82, 2.24) is 0 Å². The predicted molar refractivity (Wildman–Crippen MR) is 64.2 cm³/mol. The van der Waals surface area contributed by atoms with Crippen molar-refractivity contribution in [3.8, 4) is 5.75 Å². The van der Waals surface area contributed by atoms with E-state index in [2.05, 4.69) is 5.32 Å². The number of hydrogen-bond donors (Lipinski definition) is 1. The molecule has 0 fully saturated rings. The van der Waals surface area contributed by atoms with E-state index in [-0.39, 0.29) is 5.78 Å². The number of nitrogens with one attached hydrogen (secondary N) is 1. The normalized spacial score (nSPS) is 13.9. The number of ketones is 1. The highest BCUT2D eigenvalue weighted by Gasteiger charge is 2.19. The molecule has 0 bridgehead atoms. The number of hydrogen-bond acceptors (Lipinski definition) is 3. The second kappa shape index (κ2) is 4.56. The fourth-order valence-electron chi connectivity index (χ4n) is 1.87. The van der Waals surface area contributed by atoms with E-state index in [1.807, 2.05) is 32.0 Å². The Labute approximate surface area is 95.8 Å². The largest absolute Gasteiger partial charge is 0.489 e. The van der Waals surface area contributed by atoms with Gasteiger partial charge in [-0.1, -0.05) is 19.9 Å². The Morgan fingerprint density at radius 1 is 1.50 bits per heavy atom. The lowest BCUT2D eigenvalue weighted by Gasteiger charge is -2.21. The molecule has 0 amide bonds. The lowest BCUT2D eigenvalue weighted by Crippen LogP contribution is -2.20. The van der Waals surface area contributed by atoms with Crippen LogP contribution in [0.2, 0.25) is 0 Å². The van der Waals surface area contributed by atoms with E-state index < -0.39 is 0 Å². The van der Waals surface area contributed by atoms with Crippen molar-refractivity contribution in [1.29, 1.82) is 0 Å². The van der Waals surface area contributed by atoms with Crippen molar-refractivity contribution in [3.05, 3.63) is 23.8 Å². The van der Waals surface area contributed by atoms with Crippen LogP contribution in [0.25, 0.3) is 0 Å². The zero-order valence-corrected chi connectivity index (χ0v) is 9.75. The number of Topliss-reactive ketones (excluding diaryl/α,β-unsaturated/α-hetero) is 1. The first-order valence-electron chi connectivity index (χ1n) is 5.71. The van der Waals surface area contributed by atoms with Gasteiger partial charge < -0.3 is 10.1 Å². The second-order valence-corrected chi connectivity index (χ2v) is 4.48. The van der Waals surface area contributed by atoms with Crippen LogP contribution in [0.1, 0.15) is 30.6 Å². The van der Waals surface area contributed by atoms with Gasteiger partial charge in [0.2, 0.25) is 0 Å². The van der Waals surface area contributed by atoms with E-state index in [0.29, 0.717) is 24.5 Å². The van der Waals surface area contributed by atoms with E-state index in [1.165, 1.54) is 0 Å². The Bertz CT molecular complexity index is 399. The molecule has 1 heterocycles. The summed E-state index contributed by atoms with van der Waals surface area (Å²) in [7, 11) is 0. The molecule has 0 aliphatic carbocycles. The number of carbonyl (C=O) groups excluding carboxylic acids is 1. The smallest absolute Gasteiger partial charge is 0.166 e. The van der Waals surface area contributed by atoms with E-state index in [0.717, 1.165) is 18.0 Å². The SMILES string of the molecule is CC(C)CC(=O)c1cccc2c1OCCN2. The van der Waals surface area contributed by atoms with Crippen molar-refractivity contribution in [2.45, 2.75) is 20.3 Å². The molecule has 0 atom stereocenters. The number of anilines is 1. The summed E-state index contributed by atoms with van der Waals surface area (Å²) in [4.78, 5) is 12.0. The summed E-state index contributed by atoms with van der Waals surface area (Å²) in [5.74, 6) is 1.26. The molecule has 86 valence electrons. The number of ether oxygens (including phenoxy) is 1. The summed E-state index contributed by atoms with van der Waals surface area (Å²) in [6.07, 6.45) is 0.569. The second-order valence-electron chi connectivity index (χ2n) is 4.48. The zero-order valence-electron chi connectivity index (χ0n) is 9.75. The minimum atomic E-state index is 0.163. The Morgan fingerprint density at radius 2 is 2.31 bits per heavy atom. The molecule has 1 aliphatic rings. The molecule has 0 spiro atoms. The summed E-state index contributed by atoms with van der Waals surface area (Å²) >= 11 is 0. The van der Waals surface area contributed by atoms with E-state index >= 15 is 0 Å². The van der Waals surface area contributed by atoms with Crippen molar-refractivity contribution >= 4 is 11.5 Å². The third-order valence-corrected chi connectivity index (χ3v) is 2.57. The van der Waals surface area contributed by atoms with Crippen LogP contribution < -0.4 is 10.1 Å². The van der Waals surface area contributed by atoms with Crippen LogP contribution >= 0.6 is 0 Å². The Balaban J connectivity index is 2.30. The van der Waals surface area contributed by atoms with Gasteiger partial charge in [0.1, 0.15) is 6.61 Å². The Kier molecular flexibility index (Phi) is 3.13. The van der Waals surface area contributed by atoms with Crippen LogP contribution in [-0.2, 0) is 0 Å². The predicted octanol–water partition coefficient (Wildman–Crippen LogP) is 2.72. The molecule has 0 saturated heterocycles. The lowest BCUT2D eigenvalue weighted by atomic mass is 9.99. The first kappa shape index (κ1) is 11.0. The molecule has 3 nitrogen and oxygen atoms in total. The molecule has 0 unspecified atom stereocenters. The molecule has 16 heavy (non-hydrogen) atoms. The van der Waals surface area contributed by atoms with Crippen LogP contribution in [0.15, 0.2) is 18.2 Å². The molecule has 1 N–H and O–H groups in total. The minimum absolute atomic E-state index is 0.163. The van der Waals surface area contributed by atoms with E-state index in [9.17, 15) is 4.79 Å². The summed E-state index contributed by atoms with van der Waals surface area (Å²) in [5, 5.41) is 3.23. The van der Waals surface area contributed by atoms with Gasteiger partial charge in [-0.05, 0) is 18.1 Å². The topological polar surface area (TPSA) is 38.3 Å². The monoisotopic (exact) mass is 219 g/mol. The molecule has 0 saturated carbocycles. The third kappa shape index (κ3) is 2.18. The van der Waals surface area contributed by atoms with Crippen LogP contribution in [0.4, 0.5) is 5.69 Å². The highest BCUT2D eigenvalue weighted by atomic mass is 16.5. The maximum atomic E-state index is 12.0. The van der Waals surface area contributed by atoms with Crippen molar-refractivity contribution in [2.75, 3.05) is 18.5 Å². The fourth-order valence-corrected chi connectivity index (χ4v) is 1.87. The van der Waals surface area contributed by atoms with Gasteiger partial charge in [-0.2, -0.15) is 0 Å². The average Bonchev–Trinajstić information content (AvgIpc) is 2.27. The molecular formula is C13H17NO2. The maximum Gasteiger partial charge on any atom is 0.166 e. The first-order valence-corrected chi connectivity index (χ1v) is 5.71. The highest BCUT2D eigenvalue weighted by molar-refractivity contribution is 6.00. The quantitative estimate of drug-likeness (QED) is 0.794. The van der Waals surface area contributed by atoms with Crippen LogP contribution in [0.5, 0.6) is 5.75 Å². The number of fused-ring (bicyclic) bond motifs is 1. The summed E-state index contributed by atoms with van der Waals surface area (Å²) < 4.78 is 5.57. The van der Waals surface area contributed by atoms with Crippen LogP contribution in [0, 0.1) is 5.92 Å². The maximum absolute atomic E-state index is 12.0. The number of benzene rings is 1. The first-order chi connectivity index (χ1) is 7.68. The molecule has 3 heteroatoms. The van der Waals surface area contributed by atoms with Crippen LogP contribution in [-0.4, -0.2) is 18.9 Å². The Morgan fingerprint density at radius 3 is 3.06 bits per heavy atom. The van der Waals surface area contributed by atoms with Gasteiger partial charge in [0, 0.05) is 13.0 Å². The van der Waals surface area contributed by atoms with E-state index in [1.54, 1.807) is 0 Å². The van der Waals surface area contributed by atoms with Gasteiger partial charge in [0.25, 0.3) is 0 Å². The molecule has 1 aromatic carbocycles. The summed E-state index contributed by atoms with van der Waals surface area (Å²) in [6, 6.07) is 5.69. The molecular weight excluding hydrogens is 202 g/mol.